The zero-order valence-corrected chi connectivity index (χ0v) is 15.2. The fraction of sp³-hybridized carbons (Fsp3) is 0.250. The molecule has 0 fully saturated rings. The summed E-state index contributed by atoms with van der Waals surface area (Å²) in [6.45, 7) is 2.76. The number of hydrogen-bond acceptors (Lipinski definition) is 4. The van der Waals surface area contributed by atoms with Gasteiger partial charge < -0.3 is 9.47 Å². The van der Waals surface area contributed by atoms with Crippen LogP contribution in [0.5, 0.6) is 11.5 Å². The van der Waals surface area contributed by atoms with Gasteiger partial charge in [0.15, 0.2) is 11.5 Å². The lowest BCUT2D eigenvalue weighted by molar-refractivity contribution is 0.171. The molecule has 1 aliphatic rings. The van der Waals surface area contributed by atoms with Crippen LogP contribution in [-0.2, 0) is 10.0 Å². The fourth-order valence-electron chi connectivity index (χ4n) is 2.47. The maximum absolute atomic E-state index is 13.0. The van der Waals surface area contributed by atoms with Gasteiger partial charge in [-0.1, -0.05) is 29.3 Å². The van der Waals surface area contributed by atoms with Gasteiger partial charge in [0.2, 0.25) is 0 Å². The van der Waals surface area contributed by atoms with Crippen LogP contribution in [0.25, 0.3) is 0 Å². The number of ether oxygens (including phenoxy) is 2. The number of benzene rings is 2. The molecule has 0 bridgehead atoms. The van der Waals surface area contributed by atoms with E-state index in [0.717, 1.165) is 0 Å². The monoisotopic (exact) mass is 387 g/mol. The first-order chi connectivity index (χ1) is 11.4. The van der Waals surface area contributed by atoms with Crippen molar-refractivity contribution in [3.63, 3.8) is 0 Å². The summed E-state index contributed by atoms with van der Waals surface area (Å²) in [5.74, 6) is 0.944. The topological polar surface area (TPSA) is 55.8 Å². The summed E-state index contributed by atoms with van der Waals surface area (Å²) in [6, 6.07) is 9.43. The van der Waals surface area contributed by atoms with Crippen LogP contribution < -0.4 is 13.8 Å². The number of fused-ring (bicyclic) bond motifs is 1. The molecule has 128 valence electrons. The van der Waals surface area contributed by atoms with Crippen LogP contribution >= 0.6 is 23.2 Å². The fourth-order valence-corrected chi connectivity index (χ4v) is 4.42. The van der Waals surface area contributed by atoms with Crippen LogP contribution in [0.15, 0.2) is 41.3 Å². The highest BCUT2D eigenvalue weighted by Crippen LogP contribution is 2.37. The van der Waals surface area contributed by atoms with Crippen molar-refractivity contribution < 1.29 is 17.9 Å². The zero-order chi connectivity index (χ0) is 17.3. The number of sulfonamides is 1. The van der Waals surface area contributed by atoms with Crippen molar-refractivity contribution in [1.82, 2.24) is 0 Å². The molecule has 8 heteroatoms. The van der Waals surface area contributed by atoms with Crippen molar-refractivity contribution in [2.24, 2.45) is 0 Å². The van der Waals surface area contributed by atoms with E-state index in [0.29, 0.717) is 35.4 Å². The van der Waals surface area contributed by atoms with Crippen molar-refractivity contribution in [3.05, 3.63) is 46.4 Å². The molecule has 0 atom stereocenters. The Bertz CT molecular complexity index is 870. The van der Waals surface area contributed by atoms with Gasteiger partial charge in [0.1, 0.15) is 13.2 Å². The number of rotatable bonds is 4. The second-order valence-electron chi connectivity index (χ2n) is 5.05. The van der Waals surface area contributed by atoms with Crippen molar-refractivity contribution in [1.29, 1.82) is 0 Å². The molecule has 0 saturated carbocycles. The Labute approximate surface area is 150 Å². The van der Waals surface area contributed by atoms with Crippen LogP contribution in [0, 0.1) is 0 Å². The summed E-state index contributed by atoms with van der Waals surface area (Å²) in [5.41, 5.74) is 0.335. The van der Waals surface area contributed by atoms with Gasteiger partial charge in [0.25, 0.3) is 10.0 Å². The van der Waals surface area contributed by atoms with Gasteiger partial charge in [0.05, 0.1) is 20.6 Å². The Morgan fingerprint density at radius 1 is 1.08 bits per heavy atom. The Balaban J connectivity index is 2.06. The maximum Gasteiger partial charge on any atom is 0.264 e. The van der Waals surface area contributed by atoms with Crippen LogP contribution in [0.1, 0.15) is 6.92 Å². The summed E-state index contributed by atoms with van der Waals surface area (Å²) < 4.78 is 38.2. The summed E-state index contributed by atoms with van der Waals surface area (Å²) in [5, 5.41) is 0.493. The zero-order valence-electron chi connectivity index (χ0n) is 12.8. The first kappa shape index (κ1) is 17.2. The molecule has 3 rings (SSSR count). The van der Waals surface area contributed by atoms with Crippen LogP contribution in [0.4, 0.5) is 5.69 Å². The lowest BCUT2D eigenvalue weighted by Crippen LogP contribution is -2.31. The standard InChI is InChI=1S/C16H15Cl2NO4S/c1-2-19(13-5-3-4-12(17)16(13)18)24(20,21)11-6-7-14-15(10-11)23-9-8-22-14/h3-7,10H,2,8-9H2,1H3. The van der Waals surface area contributed by atoms with Gasteiger partial charge in [0, 0.05) is 12.6 Å². The quantitative estimate of drug-likeness (QED) is 0.795. The number of halogens is 2. The molecule has 1 aliphatic heterocycles. The molecule has 0 unspecified atom stereocenters. The van der Waals surface area contributed by atoms with Crippen LogP contribution in [0.3, 0.4) is 0 Å². The minimum Gasteiger partial charge on any atom is -0.486 e. The third kappa shape index (κ3) is 3.01. The van der Waals surface area contributed by atoms with Gasteiger partial charge in [-0.2, -0.15) is 0 Å². The van der Waals surface area contributed by atoms with Crippen LogP contribution in [0.2, 0.25) is 10.0 Å². The summed E-state index contributed by atoms with van der Waals surface area (Å²) in [6.07, 6.45) is 0. The van der Waals surface area contributed by atoms with E-state index < -0.39 is 10.0 Å². The van der Waals surface area contributed by atoms with E-state index in [1.807, 2.05) is 0 Å². The number of nitrogens with zero attached hydrogens (tertiary/aromatic N) is 1. The van der Waals surface area contributed by atoms with Gasteiger partial charge in [-0.15, -0.1) is 0 Å². The van der Waals surface area contributed by atoms with E-state index >= 15 is 0 Å². The molecular weight excluding hydrogens is 373 g/mol. The van der Waals surface area contributed by atoms with Crippen molar-refractivity contribution in [2.45, 2.75) is 11.8 Å². The number of anilines is 1. The summed E-state index contributed by atoms with van der Waals surface area (Å²) in [4.78, 5) is 0.102. The average molecular weight is 388 g/mol. The largest absolute Gasteiger partial charge is 0.486 e. The lowest BCUT2D eigenvalue weighted by Gasteiger charge is -2.25. The predicted octanol–water partition coefficient (Wildman–Crippen LogP) is 3.98. The molecule has 2 aromatic carbocycles. The second-order valence-corrected chi connectivity index (χ2v) is 7.70. The Morgan fingerprint density at radius 2 is 1.79 bits per heavy atom. The van der Waals surface area contributed by atoms with E-state index in [1.165, 1.54) is 16.4 Å². The molecule has 0 aliphatic carbocycles. The van der Waals surface area contributed by atoms with Crippen molar-refractivity contribution in [2.75, 3.05) is 24.1 Å². The molecule has 24 heavy (non-hydrogen) atoms. The first-order valence-corrected chi connectivity index (χ1v) is 9.51. The maximum atomic E-state index is 13.0. The molecule has 2 aromatic rings. The third-order valence-corrected chi connectivity index (χ3v) is 6.28. The minimum absolute atomic E-state index is 0.102. The third-order valence-electron chi connectivity index (χ3n) is 3.59. The molecule has 5 nitrogen and oxygen atoms in total. The molecular formula is C16H15Cl2NO4S. The second kappa shape index (κ2) is 6.70. The lowest BCUT2D eigenvalue weighted by atomic mass is 10.3. The molecule has 0 saturated heterocycles. The van der Waals surface area contributed by atoms with E-state index in [9.17, 15) is 8.42 Å². The summed E-state index contributed by atoms with van der Waals surface area (Å²) >= 11 is 12.2. The normalized spacial score (nSPS) is 13.6. The van der Waals surface area contributed by atoms with Crippen molar-refractivity contribution >= 4 is 38.9 Å². The highest BCUT2D eigenvalue weighted by molar-refractivity contribution is 7.92. The van der Waals surface area contributed by atoms with Crippen LogP contribution in [-0.4, -0.2) is 28.2 Å². The molecule has 1 heterocycles. The van der Waals surface area contributed by atoms with E-state index in [2.05, 4.69) is 0 Å². The molecule has 0 spiro atoms. The van der Waals surface area contributed by atoms with Crippen molar-refractivity contribution in [3.8, 4) is 11.5 Å². The first-order valence-electron chi connectivity index (χ1n) is 7.31. The molecule has 0 amide bonds. The smallest absolute Gasteiger partial charge is 0.264 e. The Kier molecular flexibility index (Phi) is 4.80. The predicted molar refractivity (Wildman–Crippen MR) is 94.1 cm³/mol. The summed E-state index contributed by atoms with van der Waals surface area (Å²) in [7, 11) is -3.82. The Hall–Kier alpha value is -1.63. The van der Waals surface area contributed by atoms with E-state index in [-0.39, 0.29) is 16.5 Å². The Morgan fingerprint density at radius 3 is 2.50 bits per heavy atom. The molecule has 0 radical (unpaired) electrons. The molecule has 0 aromatic heterocycles. The van der Waals surface area contributed by atoms with Gasteiger partial charge in [-0.3, -0.25) is 4.31 Å². The van der Waals surface area contributed by atoms with E-state index in [1.54, 1.807) is 31.2 Å². The molecule has 0 N–H and O–H groups in total. The van der Waals surface area contributed by atoms with E-state index in [4.69, 9.17) is 32.7 Å². The SMILES string of the molecule is CCN(c1cccc(Cl)c1Cl)S(=O)(=O)c1ccc2c(c1)OCCO2. The average Bonchev–Trinajstić information content (AvgIpc) is 2.58. The highest BCUT2D eigenvalue weighted by atomic mass is 35.5. The highest BCUT2D eigenvalue weighted by Gasteiger charge is 2.27. The number of hydrogen-bond donors (Lipinski definition) is 0. The minimum atomic E-state index is -3.82. The van der Waals surface area contributed by atoms with Gasteiger partial charge >= 0.3 is 0 Å². The van der Waals surface area contributed by atoms with Gasteiger partial charge in [-0.25, -0.2) is 8.42 Å². The van der Waals surface area contributed by atoms with Gasteiger partial charge in [-0.05, 0) is 31.2 Å².